The summed E-state index contributed by atoms with van der Waals surface area (Å²) in [5, 5.41) is 8.15. The standard InChI is InChI=1S/C28H35F3N8/c1-17-14-39(15-18(2)34-17)27-25-22(19-3-4-19)12-32-13-23(25)36-26(37-27)20-5-8-33-24(11-20)35-21-6-9-38(10-7-21)16-28(29,30)31/h5,8,11-13,17-19,21,34H,3-4,6-7,9-10,14-16H2,1-2H3,(H,33,35). The number of pyridine rings is 2. The second-order valence-electron chi connectivity index (χ2n) is 11.4. The van der Waals surface area contributed by atoms with Gasteiger partial charge in [-0.05, 0) is 63.1 Å². The fourth-order valence-corrected chi connectivity index (χ4v) is 6.00. The van der Waals surface area contributed by atoms with Crippen LogP contribution in [0.15, 0.2) is 30.7 Å². The van der Waals surface area contributed by atoms with Gasteiger partial charge < -0.3 is 15.5 Å². The fourth-order valence-electron chi connectivity index (χ4n) is 6.00. The van der Waals surface area contributed by atoms with Crippen molar-refractivity contribution in [2.75, 3.05) is 42.9 Å². The molecule has 3 aromatic rings. The number of aromatic nitrogens is 4. The first-order valence-corrected chi connectivity index (χ1v) is 13.9. The molecule has 3 aliphatic rings. The Morgan fingerprint density at radius 1 is 1.03 bits per heavy atom. The van der Waals surface area contributed by atoms with Gasteiger partial charge in [0.05, 0.1) is 18.3 Å². The quantitative estimate of drug-likeness (QED) is 0.470. The highest BCUT2D eigenvalue weighted by Crippen LogP contribution is 2.45. The van der Waals surface area contributed by atoms with Crippen LogP contribution in [0, 0.1) is 0 Å². The number of halogens is 3. The molecule has 11 heteroatoms. The molecule has 3 aromatic heterocycles. The fraction of sp³-hybridized carbons (Fsp3) is 0.571. The van der Waals surface area contributed by atoms with E-state index in [1.807, 2.05) is 24.5 Å². The Kier molecular flexibility index (Phi) is 7.05. The van der Waals surface area contributed by atoms with E-state index < -0.39 is 12.7 Å². The van der Waals surface area contributed by atoms with Gasteiger partial charge in [0.25, 0.3) is 0 Å². The number of piperazine rings is 1. The third-order valence-corrected chi connectivity index (χ3v) is 7.85. The van der Waals surface area contributed by atoms with Gasteiger partial charge in [0, 0.05) is 67.6 Å². The van der Waals surface area contributed by atoms with E-state index >= 15 is 0 Å². The maximum absolute atomic E-state index is 12.7. The summed E-state index contributed by atoms with van der Waals surface area (Å²) in [6, 6.07) is 4.59. The Hall–Kier alpha value is -3.05. The lowest BCUT2D eigenvalue weighted by molar-refractivity contribution is -0.147. The number of nitrogens with one attached hydrogen (secondary N) is 2. The zero-order valence-electron chi connectivity index (χ0n) is 22.4. The van der Waals surface area contributed by atoms with Crippen LogP contribution in [0.3, 0.4) is 0 Å². The third-order valence-electron chi connectivity index (χ3n) is 7.85. The van der Waals surface area contributed by atoms with Gasteiger partial charge in [0.15, 0.2) is 5.82 Å². The van der Waals surface area contributed by atoms with Gasteiger partial charge in [-0.25, -0.2) is 15.0 Å². The monoisotopic (exact) mass is 540 g/mol. The molecule has 6 rings (SSSR count). The molecule has 2 N–H and O–H groups in total. The smallest absolute Gasteiger partial charge is 0.367 e. The van der Waals surface area contributed by atoms with E-state index in [4.69, 9.17) is 9.97 Å². The molecule has 5 heterocycles. The largest absolute Gasteiger partial charge is 0.401 e. The Bertz CT molecular complexity index is 1310. The molecule has 0 aromatic carbocycles. The predicted molar refractivity (Wildman–Crippen MR) is 146 cm³/mol. The van der Waals surface area contributed by atoms with Crippen LogP contribution in [0.5, 0.6) is 0 Å². The number of piperidine rings is 1. The van der Waals surface area contributed by atoms with Gasteiger partial charge in [-0.1, -0.05) is 0 Å². The number of anilines is 2. The summed E-state index contributed by atoms with van der Waals surface area (Å²) in [4.78, 5) is 23.0. The minimum Gasteiger partial charge on any atom is -0.367 e. The first kappa shape index (κ1) is 26.2. The van der Waals surface area contributed by atoms with Crippen molar-refractivity contribution < 1.29 is 13.2 Å². The van der Waals surface area contributed by atoms with Gasteiger partial charge in [-0.2, -0.15) is 13.2 Å². The molecule has 1 aliphatic carbocycles. The molecule has 0 radical (unpaired) electrons. The van der Waals surface area contributed by atoms with Crippen LogP contribution >= 0.6 is 0 Å². The Labute approximate surface area is 226 Å². The highest BCUT2D eigenvalue weighted by molar-refractivity contribution is 5.94. The van der Waals surface area contributed by atoms with Crippen LogP contribution in [0.2, 0.25) is 0 Å². The van der Waals surface area contributed by atoms with E-state index in [1.165, 1.54) is 23.3 Å². The van der Waals surface area contributed by atoms with Gasteiger partial charge in [0.2, 0.25) is 0 Å². The lowest BCUT2D eigenvalue weighted by Crippen LogP contribution is -2.54. The van der Waals surface area contributed by atoms with E-state index in [0.717, 1.165) is 35.4 Å². The van der Waals surface area contributed by atoms with Crippen LogP contribution < -0.4 is 15.5 Å². The molecule has 0 amide bonds. The van der Waals surface area contributed by atoms with E-state index in [9.17, 15) is 13.2 Å². The molecular weight excluding hydrogens is 505 g/mol. The zero-order valence-corrected chi connectivity index (χ0v) is 22.4. The SMILES string of the molecule is CC1CN(c2nc(-c3ccnc(NC4CCN(CC(F)(F)F)CC4)c3)nc3cncc(C4CC4)c23)CC(C)N1. The number of hydrogen-bond acceptors (Lipinski definition) is 8. The number of hydrogen-bond donors (Lipinski definition) is 2. The van der Waals surface area contributed by atoms with Crippen molar-refractivity contribution in [1.29, 1.82) is 0 Å². The first-order valence-electron chi connectivity index (χ1n) is 13.9. The summed E-state index contributed by atoms with van der Waals surface area (Å²) < 4.78 is 38.2. The predicted octanol–water partition coefficient (Wildman–Crippen LogP) is 4.59. The molecule has 2 saturated heterocycles. The van der Waals surface area contributed by atoms with E-state index in [2.05, 4.69) is 39.3 Å². The normalized spacial score (nSPS) is 23.4. The number of nitrogens with zero attached hydrogens (tertiary/aromatic N) is 6. The van der Waals surface area contributed by atoms with Crippen LogP contribution in [-0.4, -0.2) is 81.9 Å². The van der Waals surface area contributed by atoms with Crippen molar-refractivity contribution in [3.63, 3.8) is 0 Å². The minimum atomic E-state index is -4.16. The molecule has 0 bridgehead atoms. The highest BCUT2D eigenvalue weighted by atomic mass is 19.4. The molecule has 2 atom stereocenters. The number of alkyl halides is 3. The number of rotatable bonds is 6. The van der Waals surface area contributed by atoms with Gasteiger partial charge in [-0.3, -0.25) is 9.88 Å². The summed E-state index contributed by atoms with van der Waals surface area (Å²) in [7, 11) is 0. The van der Waals surface area contributed by atoms with Crippen molar-refractivity contribution in [3.8, 4) is 11.4 Å². The van der Waals surface area contributed by atoms with Gasteiger partial charge in [-0.15, -0.1) is 0 Å². The average molecular weight is 541 g/mol. The van der Waals surface area contributed by atoms with Crippen LogP contribution in [-0.2, 0) is 0 Å². The van der Waals surface area contributed by atoms with Crippen molar-refractivity contribution in [2.45, 2.75) is 69.8 Å². The minimum absolute atomic E-state index is 0.0689. The van der Waals surface area contributed by atoms with Crippen molar-refractivity contribution in [2.24, 2.45) is 0 Å². The maximum Gasteiger partial charge on any atom is 0.401 e. The summed E-state index contributed by atoms with van der Waals surface area (Å²) in [5.41, 5.74) is 2.93. The summed E-state index contributed by atoms with van der Waals surface area (Å²) >= 11 is 0. The van der Waals surface area contributed by atoms with E-state index in [1.54, 1.807) is 6.20 Å². The molecule has 3 fully saturated rings. The second-order valence-corrected chi connectivity index (χ2v) is 11.4. The Balaban J connectivity index is 1.28. The van der Waals surface area contributed by atoms with E-state index in [0.29, 0.717) is 55.6 Å². The van der Waals surface area contributed by atoms with Crippen molar-refractivity contribution in [1.82, 2.24) is 30.2 Å². The van der Waals surface area contributed by atoms with Crippen molar-refractivity contribution >= 4 is 22.5 Å². The van der Waals surface area contributed by atoms with E-state index in [-0.39, 0.29) is 6.04 Å². The molecule has 39 heavy (non-hydrogen) atoms. The summed E-state index contributed by atoms with van der Waals surface area (Å²) in [5.74, 6) is 2.78. The Morgan fingerprint density at radius 2 is 1.77 bits per heavy atom. The molecule has 2 aliphatic heterocycles. The highest BCUT2D eigenvalue weighted by Gasteiger charge is 2.33. The molecule has 8 nitrogen and oxygen atoms in total. The van der Waals surface area contributed by atoms with Crippen LogP contribution in [0.25, 0.3) is 22.3 Å². The summed E-state index contributed by atoms with van der Waals surface area (Å²) in [6.45, 7) is 6.08. The van der Waals surface area contributed by atoms with Crippen LogP contribution in [0.4, 0.5) is 24.8 Å². The molecule has 1 saturated carbocycles. The number of likely N-dealkylation sites (tertiary alicyclic amines) is 1. The third kappa shape index (κ3) is 6.09. The maximum atomic E-state index is 12.7. The lowest BCUT2D eigenvalue weighted by Gasteiger charge is -2.37. The second kappa shape index (κ2) is 10.5. The lowest BCUT2D eigenvalue weighted by atomic mass is 10.0. The molecule has 0 spiro atoms. The molecule has 2 unspecified atom stereocenters. The van der Waals surface area contributed by atoms with Crippen molar-refractivity contribution in [3.05, 3.63) is 36.3 Å². The topological polar surface area (TPSA) is 82.1 Å². The van der Waals surface area contributed by atoms with Crippen LogP contribution in [0.1, 0.15) is 51.0 Å². The summed E-state index contributed by atoms with van der Waals surface area (Å²) in [6.07, 6.45) is 5.00. The first-order chi connectivity index (χ1) is 18.7. The molecular formula is C28H35F3N8. The number of fused-ring (bicyclic) bond motifs is 1. The molecule has 208 valence electrons. The Morgan fingerprint density at radius 3 is 2.46 bits per heavy atom. The van der Waals surface area contributed by atoms with Gasteiger partial charge >= 0.3 is 6.18 Å². The zero-order chi connectivity index (χ0) is 27.1. The van der Waals surface area contributed by atoms with Gasteiger partial charge in [0.1, 0.15) is 11.6 Å². The average Bonchev–Trinajstić information content (AvgIpc) is 3.73.